The quantitative estimate of drug-likeness (QED) is 0.717. The second kappa shape index (κ2) is 7.15. The van der Waals surface area contributed by atoms with Crippen molar-refractivity contribution in [2.75, 3.05) is 13.2 Å². The monoisotopic (exact) mass is 352 g/mol. The van der Waals surface area contributed by atoms with Crippen LogP contribution in [0.2, 0.25) is 0 Å². The summed E-state index contributed by atoms with van der Waals surface area (Å²) in [5.41, 5.74) is 5.23. The predicted molar refractivity (Wildman–Crippen MR) is 102 cm³/mol. The van der Waals surface area contributed by atoms with E-state index in [1.54, 1.807) is 10.7 Å². The molecule has 0 aliphatic heterocycles. The Hall–Kier alpha value is -2.89. The van der Waals surface area contributed by atoms with Gasteiger partial charge in [-0.15, -0.1) is 0 Å². The number of ether oxygens (including phenoxy) is 1. The highest BCUT2D eigenvalue weighted by atomic mass is 16.5. The maximum atomic E-state index is 12.7. The first-order valence-corrected chi connectivity index (χ1v) is 8.65. The number of nitrogens with one attached hydrogen (secondary N) is 1. The highest BCUT2D eigenvalue weighted by Gasteiger charge is 2.17. The van der Waals surface area contributed by atoms with Crippen LogP contribution < -0.4 is 10.1 Å². The van der Waals surface area contributed by atoms with Gasteiger partial charge in [0.1, 0.15) is 12.4 Å². The molecule has 0 atom stereocenters. The second-order valence-corrected chi connectivity index (χ2v) is 6.65. The Bertz CT molecular complexity index is 955. The number of aryl methyl sites for hydroxylation is 5. The summed E-state index contributed by atoms with van der Waals surface area (Å²) in [5.74, 6) is 0.683. The number of hydrogen-bond acceptors (Lipinski definition) is 4. The van der Waals surface area contributed by atoms with Gasteiger partial charge in [-0.1, -0.05) is 6.07 Å². The number of aromatic nitrogens is 3. The number of fused-ring (bicyclic) bond motifs is 1. The standard InChI is InChI=1S/C20H24N4O2/c1-12-8-13(2)10-16(9-12)26-7-6-21-20(25)17-11-14(3)22-19-18(17)15(4)23-24(19)5/h8-11H,6-7H2,1-5H3,(H,21,25). The van der Waals surface area contributed by atoms with E-state index in [2.05, 4.69) is 21.5 Å². The van der Waals surface area contributed by atoms with Crippen LogP contribution in [0.4, 0.5) is 0 Å². The minimum absolute atomic E-state index is 0.138. The van der Waals surface area contributed by atoms with Crippen molar-refractivity contribution in [1.29, 1.82) is 0 Å². The van der Waals surface area contributed by atoms with Gasteiger partial charge in [-0.25, -0.2) is 4.98 Å². The minimum atomic E-state index is -0.138. The summed E-state index contributed by atoms with van der Waals surface area (Å²) in [4.78, 5) is 17.1. The summed E-state index contributed by atoms with van der Waals surface area (Å²) in [7, 11) is 1.83. The van der Waals surface area contributed by atoms with Crippen molar-refractivity contribution in [1.82, 2.24) is 20.1 Å². The van der Waals surface area contributed by atoms with Crippen molar-refractivity contribution >= 4 is 16.9 Å². The van der Waals surface area contributed by atoms with Gasteiger partial charge in [-0.05, 0) is 57.0 Å². The molecule has 0 fully saturated rings. The van der Waals surface area contributed by atoms with E-state index in [9.17, 15) is 4.79 Å². The average molecular weight is 352 g/mol. The highest BCUT2D eigenvalue weighted by molar-refractivity contribution is 6.06. The zero-order valence-electron chi connectivity index (χ0n) is 15.9. The van der Waals surface area contributed by atoms with Crippen LogP contribution >= 0.6 is 0 Å². The van der Waals surface area contributed by atoms with E-state index in [0.29, 0.717) is 18.7 Å². The molecule has 0 unspecified atom stereocenters. The number of pyridine rings is 1. The zero-order valence-corrected chi connectivity index (χ0v) is 15.9. The summed E-state index contributed by atoms with van der Waals surface area (Å²) < 4.78 is 7.46. The molecule has 2 aromatic heterocycles. The third kappa shape index (κ3) is 3.69. The van der Waals surface area contributed by atoms with Gasteiger partial charge in [0, 0.05) is 12.7 Å². The number of amides is 1. The fraction of sp³-hybridized carbons (Fsp3) is 0.350. The zero-order chi connectivity index (χ0) is 18.8. The molecule has 0 spiro atoms. The first kappa shape index (κ1) is 17.9. The van der Waals surface area contributed by atoms with Crippen molar-refractivity contribution in [3.05, 3.63) is 52.3 Å². The highest BCUT2D eigenvalue weighted by Crippen LogP contribution is 2.21. The van der Waals surface area contributed by atoms with Crippen LogP contribution in [0.15, 0.2) is 24.3 Å². The van der Waals surface area contributed by atoms with Crippen molar-refractivity contribution in [2.45, 2.75) is 27.7 Å². The topological polar surface area (TPSA) is 69.0 Å². The second-order valence-electron chi connectivity index (χ2n) is 6.65. The van der Waals surface area contributed by atoms with Gasteiger partial charge in [0.2, 0.25) is 0 Å². The molecule has 0 saturated heterocycles. The van der Waals surface area contributed by atoms with Crippen LogP contribution in [0.5, 0.6) is 5.75 Å². The van der Waals surface area contributed by atoms with Crippen molar-refractivity contribution in [2.24, 2.45) is 7.05 Å². The van der Waals surface area contributed by atoms with Crippen molar-refractivity contribution < 1.29 is 9.53 Å². The van der Waals surface area contributed by atoms with E-state index in [1.807, 2.05) is 46.9 Å². The Morgan fingerprint density at radius 2 is 1.81 bits per heavy atom. The van der Waals surface area contributed by atoms with Gasteiger partial charge < -0.3 is 10.1 Å². The third-order valence-electron chi connectivity index (χ3n) is 4.19. The minimum Gasteiger partial charge on any atom is -0.492 e. The number of rotatable bonds is 5. The molecule has 0 aliphatic carbocycles. The first-order valence-electron chi connectivity index (χ1n) is 8.65. The SMILES string of the molecule is Cc1cc(C)cc(OCCNC(=O)c2cc(C)nc3c2c(C)nn3C)c1. The molecule has 0 radical (unpaired) electrons. The lowest BCUT2D eigenvalue weighted by Crippen LogP contribution is -2.28. The van der Waals surface area contributed by atoms with Crippen LogP contribution in [-0.4, -0.2) is 33.8 Å². The molecule has 0 bridgehead atoms. The molecule has 3 rings (SSSR count). The molecule has 1 N–H and O–H groups in total. The number of carbonyl (C=O) groups is 1. The Kier molecular flexibility index (Phi) is 4.93. The Morgan fingerprint density at radius 1 is 1.12 bits per heavy atom. The summed E-state index contributed by atoms with van der Waals surface area (Å²) in [6.45, 7) is 8.67. The summed E-state index contributed by atoms with van der Waals surface area (Å²) in [6, 6.07) is 7.88. The Balaban J connectivity index is 1.68. The lowest BCUT2D eigenvalue weighted by Gasteiger charge is -2.10. The number of nitrogens with zero attached hydrogens (tertiary/aromatic N) is 3. The largest absolute Gasteiger partial charge is 0.492 e. The molecule has 6 nitrogen and oxygen atoms in total. The van der Waals surface area contributed by atoms with Crippen molar-refractivity contribution in [3.63, 3.8) is 0 Å². The van der Waals surface area contributed by atoms with E-state index in [-0.39, 0.29) is 5.91 Å². The molecule has 6 heteroatoms. The predicted octanol–water partition coefficient (Wildman–Crippen LogP) is 3.01. The van der Waals surface area contributed by atoms with Crippen molar-refractivity contribution in [3.8, 4) is 5.75 Å². The van der Waals surface area contributed by atoms with E-state index in [1.165, 1.54) is 0 Å². The van der Waals surface area contributed by atoms with Crippen LogP contribution in [0, 0.1) is 27.7 Å². The smallest absolute Gasteiger partial charge is 0.252 e. The maximum absolute atomic E-state index is 12.7. The number of hydrogen-bond donors (Lipinski definition) is 1. The van der Waals surface area contributed by atoms with Crippen LogP contribution in [-0.2, 0) is 7.05 Å². The molecule has 0 saturated carbocycles. The average Bonchev–Trinajstić information content (AvgIpc) is 2.84. The van der Waals surface area contributed by atoms with Gasteiger partial charge in [0.25, 0.3) is 5.91 Å². The first-order chi connectivity index (χ1) is 12.3. The van der Waals surface area contributed by atoms with Gasteiger partial charge in [-0.2, -0.15) is 5.10 Å². The molecule has 1 aromatic carbocycles. The summed E-state index contributed by atoms with van der Waals surface area (Å²) in [6.07, 6.45) is 0. The molecule has 2 heterocycles. The molecular formula is C20H24N4O2. The van der Waals surface area contributed by atoms with E-state index in [4.69, 9.17) is 4.74 Å². The molecule has 26 heavy (non-hydrogen) atoms. The van der Waals surface area contributed by atoms with E-state index >= 15 is 0 Å². The lowest BCUT2D eigenvalue weighted by molar-refractivity contribution is 0.0948. The molecular weight excluding hydrogens is 328 g/mol. The normalized spacial score (nSPS) is 11.0. The molecule has 1 amide bonds. The molecule has 136 valence electrons. The van der Waals surface area contributed by atoms with Crippen LogP contribution in [0.3, 0.4) is 0 Å². The Labute approximate surface area is 153 Å². The summed E-state index contributed by atoms with van der Waals surface area (Å²) >= 11 is 0. The van der Waals surface area contributed by atoms with Gasteiger partial charge in [0.05, 0.1) is 23.2 Å². The maximum Gasteiger partial charge on any atom is 0.252 e. The van der Waals surface area contributed by atoms with Crippen LogP contribution in [0.25, 0.3) is 11.0 Å². The van der Waals surface area contributed by atoms with E-state index < -0.39 is 0 Å². The third-order valence-corrected chi connectivity index (χ3v) is 4.19. The van der Waals surface area contributed by atoms with E-state index in [0.717, 1.165) is 39.3 Å². The number of carbonyl (C=O) groups excluding carboxylic acids is 1. The molecule has 0 aliphatic rings. The number of benzene rings is 1. The van der Waals surface area contributed by atoms with Gasteiger partial charge >= 0.3 is 0 Å². The summed E-state index contributed by atoms with van der Waals surface area (Å²) in [5, 5.41) is 8.10. The fourth-order valence-electron chi connectivity index (χ4n) is 3.19. The Morgan fingerprint density at radius 3 is 2.50 bits per heavy atom. The molecule has 3 aromatic rings. The fourth-order valence-corrected chi connectivity index (χ4v) is 3.19. The van der Waals surface area contributed by atoms with Gasteiger partial charge in [0.15, 0.2) is 5.65 Å². The lowest BCUT2D eigenvalue weighted by atomic mass is 10.1. The van der Waals surface area contributed by atoms with Gasteiger partial charge in [-0.3, -0.25) is 9.48 Å². The van der Waals surface area contributed by atoms with Crippen LogP contribution in [0.1, 0.15) is 32.9 Å².